The molecule has 5 atom stereocenters. The first-order valence-electron chi connectivity index (χ1n) is 30.0. The zero-order valence-electron chi connectivity index (χ0n) is 52.7. The van der Waals surface area contributed by atoms with E-state index in [2.05, 4.69) is 56.8 Å². The summed E-state index contributed by atoms with van der Waals surface area (Å²) in [6.07, 6.45) is 7.78. The summed E-state index contributed by atoms with van der Waals surface area (Å²) < 4.78 is 76.5. The summed E-state index contributed by atoms with van der Waals surface area (Å²) >= 11 is 6.71. The Morgan fingerprint density at radius 3 is 1.88 bits per heavy atom. The number of cyclic esters (lactones) is 1. The number of nitrogens with zero attached hydrogens (tertiary/aromatic N) is 7. The number of fused-ring (bicyclic) bond motifs is 5. The van der Waals surface area contributed by atoms with Gasteiger partial charge in [0, 0.05) is 88.5 Å². The van der Waals surface area contributed by atoms with Crippen molar-refractivity contribution in [3.05, 3.63) is 103 Å². The minimum Gasteiger partial charge on any atom is -0.458 e. The number of amides is 6. The zero-order chi connectivity index (χ0) is 68.7. The van der Waals surface area contributed by atoms with Gasteiger partial charge in [0.1, 0.15) is 38.1 Å². The molecule has 0 fully saturated rings. The van der Waals surface area contributed by atoms with Gasteiger partial charge in [-0.3, -0.25) is 33.6 Å². The average molecular weight is 1370 g/mol. The molecule has 506 valence electrons. The maximum absolute atomic E-state index is 14.0. The number of nitrogens with one attached hydrogen (secondary N) is 6. The Hall–Kier alpha value is -8.83. The number of aliphatic hydroxyl groups is 1. The van der Waals surface area contributed by atoms with Crippen LogP contribution in [0.15, 0.2) is 64.2 Å². The third-order valence-electron chi connectivity index (χ3n) is 15.9. The second-order valence-electron chi connectivity index (χ2n) is 22.8. The number of carbonyl (C=O) groups excluding carboxylic acids is 7. The predicted molar refractivity (Wildman–Crippen MR) is 337 cm³/mol. The van der Waals surface area contributed by atoms with Crippen LogP contribution in [0.4, 0.5) is 0 Å². The molecule has 0 unspecified atom stereocenters. The van der Waals surface area contributed by atoms with Gasteiger partial charge in [-0.25, -0.2) is 51.5 Å². The molecule has 9 rings (SSSR count). The van der Waals surface area contributed by atoms with Gasteiger partial charge in [-0.15, -0.1) is 0 Å². The van der Waals surface area contributed by atoms with E-state index in [1.165, 1.54) is 62.3 Å². The molecular formula is C61H70ClN13O18S2. The number of carbonyl (C=O) groups is 7. The lowest BCUT2D eigenvalue weighted by Gasteiger charge is -2.31. The van der Waals surface area contributed by atoms with E-state index in [0.717, 1.165) is 34.6 Å². The Labute approximate surface area is 549 Å². The van der Waals surface area contributed by atoms with Crippen molar-refractivity contribution in [2.75, 3.05) is 72.0 Å². The first kappa shape index (κ1) is 70.5. The summed E-state index contributed by atoms with van der Waals surface area (Å²) in [5.41, 5.74) is 3.66. The molecule has 1 aromatic carbocycles. The molecule has 1 aliphatic carbocycles. The monoisotopic (exact) mass is 1370 g/mol. The van der Waals surface area contributed by atoms with Gasteiger partial charge < -0.3 is 65.3 Å². The molecule has 0 saturated heterocycles. The van der Waals surface area contributed by atoms with Crippen LogP contribution in [-0.4, -0.2) is 188 Å². The number of sulfone groups is 2. The summed E-state index contributed by atoms with van der Waals surface area (Å²) in [7, 11) is -7.39. The van der Waals surface area contributed by atoms with Crippen molar-refractivity contribution >= 4 is 83.6 Å². The number of pyridine rings is 3. The van der Waals surface area contributed by atoms with Crippen LogP contribution in [0.3, 0.4) is 0 Å². The van der Waals surface area contributed by atoms with Crippen molar-refractivity contribution in [3.8, 4) is 33.9 Å². The number of halogens is 1. The van der Waals surface area contributed by atoms with E-state index in [0.29, 0.717) is 40.3 Å². The van der Waals surface area contributed by atoms with E-state index in [1.807, 2.05) is 6.92 Å². The van der Waals surface area contributed by atoms with E-state index in [9.17, 15) is 60.3 Å². The summed E-state index contributed by atoms with van der Waals surface area (Å²) in [4.78, 5) is 130. The number of esters is 1. The molecule has 3 aliphatic rings. The van der Waals surface area contributed by atoms with Gasteiger partial charge >= 0.3 is 5.97 Å². The molecule has 7 heterocycles. The lowest BCUT2D eigenvalue weighted by molar-refractivity contribution is -0.172. The van der Waals surface area contributed by atoms with Gasteiger partial charge in [0.15, 0.2) is 5.60 Å². The molecule has 31 nitrogen and oxygen atoms in total. The van der Waals surface area contributed by atoms with Crippen LogP contribution in [0.2, 0.25) is 5.02 Å². The fraction of sp³-hybridized carbons (Fsp3) is 0.443. The molecule has 7 N–H and O–H groups in total. The van der Waals surface area contributed by atoms with Crippen LogP contribution in [0.1, 0.15) is 96.7 Å². The average Bonchev–Trinajstić information content (AvgIpc) is 1.61. The number of rotatable bonds is 29. The fourth-order valence-electron chi connectivity index (χ4n) is 10.8. The number of benzene rings is 1. The van der Waals surface area contributed by atoms with Crippen LogP contribution < -0.4 is 37.5 Å². The van der Waals surface area contributed by atoms with Gasteiger partial charge in [0.05, 0.1) is 86.1 Å². The highest BCUT2D eigenvalue weighted by Crippen LogP contribution is 2.46. The van der Waals surface area contributed by atoms with Gasteiger partial charge in [-0.05, 0) is 87.9 Å². The van der Waals surface area contributed by atoms with Gasteiger partial charge in [-0.1, -0.05) is 18.5 Å². The van der Waals surface area contributed by atoms with Crippen molar-refractivity contribution in [3.63, 3.8) is 0 Å². The van der Waals surface area contributed by atoms with Crippen molar-refractivity contribution in [2.24, 2.45) is 0 Å². The molecule has 34 heteroatoms. The van der Waals surface area contributed by atoms with E-state index in [4.69, 9.17) is 40.3 Å². The predicted octanol–water partition coefficient (Wildman–Crippen LogP) is 0.735. The summed E-state index contributed by atoms with van der Waals surface area (Å²) in [5, 5.41) is 27.7. The number of hydrogen-bond donors (Lipinski definition) is 7. The summed E-state index contributed by atoms with van der Waals surface area (Å²) in [5.74, 6) is -4.39. The van der Waals surface area contributed by atoms with Crippen molar-refractivity contribution in [1.82, 2.24) is 66.4 Å². The minimum absolute atomic E-state index is 0.00596. The van der Waals surface area contributed by atoms with Crippen molar-refractivity contribution in [2.45, 2.75) is 114 Å². The van der Waals surface area contributed by atoms with Crippen LogP contribution in [-0.2, 0) is 97.3 Å². The summed E-state index contributed by atoms with van der Waals surface area (Å²) in [6.45, 7) is 7.58. The Bertz CT molecular complexity index is 4220. The summed E-state index contributed by atoms with van der Waals surface area (Å²) in [6, 6.07) is 2.43. The second kappa shape index (κ2) is 29.9. The highest BCUT2D eigenvalue weighted by Gasteiger charge is 2.46. The number of ether oxygens (including phenoxy) is 5. The van der Waals surface area contributed by atoms with Gasteiger partial charge in [-0.2, -0.15) is 0 Å². The second-order valence-corrected chi connectivity index (χ2v) is 27.0. The van der Waals surface area contributed by atoms with E-state index < -0.39 is 120 Å². The SMILES string of the molecule is CC[C@@]1(O)C(=O)OCc2c1cc1n(c2=O)Cc2c-1nc1cc(Cl)c(C)c3c1c2[C@@H](NC(=O)COCNC(=O)[C@H](C)NC(=O)[C@H](C)NC(=O)[C@H](C)NC(=O)CCOCCOCCOCCNC(=O)c1cc(-c2cnc(S(C)(=O)=O)nc2)nc(-c2cnc(S(C)(=O)=O)nc2)c1)CC3. The third kappa shape index (κ3) is 16.3. The first-order valence-corrected chi connectivity index (χ1v) is 34.2. The standard InChI is InChI=1S/C61H70ClN13O18S2/c1-8-61(84)41-21-47-52-39(27-75(47)57(82)40(41)28-93-58(61)83)51-43(10-9-38-31(2)42(62)22-46(74-52)50(38)51)73-49(77)29-92-30-68-53(78)32(3)70-55(80)34(5)71-54(79)33(4)69-48(76)11-13-89-15-17-91-18-16-90-14-12-63-56(81)35-19-44(36-23-64-59(65-24-36)94(6,85)86)72-45(20-35)37-25-66-60(67-26-37)95(7,87)88/h19-26,32-34,43,84H,8-18,27-30H2,1-7H3,(H,63,81)(H,68,78)(H,69,76)(H,70,80)(H,71,79)(H,73,77)/t32-,33-,34-,43-,61-/m0/s1. The van der Waals surface area contributed by atoms with Gasteiger partial charge in [0.2, 0.25) is 59.5 Å². The molecule has 0 bridgehead atoms. The van der Waals surface area contributed by atoms with E-state index >= 15 is 0 Å². The third-order valence-corrected chi connectivity index (χ3v) is 18.1. The molecule has 0 saturated carbocycles. The molecular weight excluding hydrogens is 1300 g/mol. The van der Waals surface area contributed by atoms with E-state index in [1.54, 1.807) is 19.1 Å². The fourth-order valence-corrected chi connectivity index (χ4v) is 12.0. The van der Waals surface area contributed by atoms with Crippen LogP contribution >= 0.6 is 11.6 Å². The van der Waals surface area contributed by atoms with Gasteiger partial charge in [0.25, 0.3) is 11.5 Å². The lowest BCUT2D eigenvalue weighted by Crippen LogP contribution is -2.54. The molecule has 0 radical (unpaired) electrons. The quantitative estimate of drug-likeness (QED) is 0.0147. The lowest BCUT2D eigenvalue weighted by atomic mass is 9.81. The largest absolute Gasteiger partial charge is 0.458 e. The maximum atomic E-state index is 14.0. The molecule has 6 aromatic rings. The molecule has 5 aromatic heterocycles. The Kier molecular flexibility index (Phi) is 22.1. The Morgan fingerprint density at radius 2 is 1.29 bits per heavy atom. The van der Waals surface area contributed by atoms with Crippen molar-refractivity contribution in [1.29, 1.82) is 0 Å². The van der Waals surface area contributed by atoms with E-state index in [-0.39, 0.29) is 111 Å². The highest BCUT2D eigenvalue weighted by molar-refractivity contribution is 7.90. The van der Waals surface area contributed by atoms with Crippen LogP contribution in [0.5, 0.6) is 0 Å². The van der Waals surface area contributed by atoms with Crippen LogP contribution in [0, 0.1) is 6.92 Å². The minimum atomic E-state index is -3.70. The molecule has 95 heavy (non-hydrogen) atoms. The zero-order valence-corrected chi connectivity index (χ0v) is 55.1. The highest BCUT2D eigenvalue weighted by atomic mass is 35.5. The Morgan fingerprint density at radius 1 is 0.726 bits per heavy atom. The number of aromatic nitrogens is 7. The molecule has 0 spiro atoms. The molecule has 6 amide bonds. The van der Waals surface area contributed by atoms with Crippen molar-refractivity contribution < 1.29 is 79.2 Å². The smallest absolute Gasteiger partial charge is 0.343 e. The normalized spacial score (nSPS) is 16.5. The Balaban J connectivity index is 0.636. The maximum Gasteiger partial charge on any atom is 0.343 e. The molecule has 2 aliphatic heterocycles. The first-order chi connectivity index (χ1) is 45.1. The topological polar surface area (TPSA) is 426 Å². The number of hydrogen-bond acceptors (Lipinski definition) is 24. The number of aryl methyl sites for hydroxylation is 1. The van der Waals surface area contributed by atoms with Crippen LogP contribution in [0.25, 0.3) is 44.8 Å².